The minimum absolute atomic E-state index is 0.0000310. The molecule has 1 aromatic carbocycles. The molecule has 3 heterocycles. The normalized spacial score (nSPS) is 15.7. The molecule has 1 unspecified atom stereocenters. The van der Waals surface area contributed by atoms with Crippen molar-refractivity contribution >= 4 is 44.3 Å². The van der Waals surface area contributed by atoms with E-state index < -0.39 is 6.10 Å². The van der Waals surface area contributed by atoms with Crippen LogP contribution >= 0.6 is 22.9 Å². The third kappa shape index (κ3) is 3.91. The SMILES string of the molecule is Cc1cc(Cl)ccc1OC(C)C(=O)N1CCN(c2nc3cccnc3s2)CC1. The highest BCUT2D eigenvalue weighted by molar-refractivity contribution is 7.21. The molecule has 1 aliphatic rings. The van der Waals surface area contributed by atoms with Gasteiger partial charge in [0, 0.05) is 37.4 Å². The molecule has 8 heteroatoms. The molecule has 0 N–H and O–H groups in total. The van der Waals surface area contributed by atoms with Crippen LogP contribution < -0.4 is 9.64 Å². The summed E-state index contributed by atoms with van der Waals surface area (Å²) in [4.78, 5) is 26.8. The largest absolute Gasteiger partial charge is 0.481 e. The van der Waals surface area contributed by atoms with Crippen molar-refractivity contribution in [2.75, 3.05) is 31.1 Å². The van der Waals surface area contributed by atoms with Gasteiger partial charge in [0.15, 0.2) is 11.2 Å². The van der Waals surface area contributed by atoms with Crippen molar-refractivity contribution in [1.29, 1.82) is 0 Å². The average Bonchev–Trinajstić information content (AvgIpc) is 3.14. The number of nitrogens with zero attached hydrogens (tertiary/aromatic N) is 4. The van der Waals surface area contributed by atoms with E-state index in [1.54, 1.807) is 36.6 Å². The van der Waals surface area contributed by atoms with E-state index in [2.05, 4.69) is 14.9 Å². The van der Waals surface area contributed by atoms with Crippen LogP contribution in [-0.4, -0.2) is 53.1 Å². The Labute approximate surface area is 172 Å². The second-order valence-corrected chi connectivity index (χ2v) is 8.20. The summed E-state index contributed by atoms with van der Waals surface area (Å²) in [6, 6.07) is 9.28. The van der Waals surface area contributed by atoms with E-state index in [1.807, 2.05) is 30.0 Å². The van der Waals surface area contributed by atoms with Gasteiger partial charge in [0.25, 0.3) is 5.91 Å². The first-order valence-corrected chi connectivity index (χ1v) is 10.4. The Hall–Kier alpha value is -2.38. The number of ether oxygens (including phenoxy) is 1. The maximum atomic E-state index is 12.8. The second kappa shape index (κ2) is 7.93. The number of carbonyl (C=O) groups is 1. The smallest absolute Gasteiger partial charge is 0.263 e. The molecule has 6 nitrogen and oxygen atoms in total. The highest BCUT2D eigenvalue weighted by atomic mass is 35.5. The van der Waals surface area contributed by atoms with Gasteiger partial charge in [-0.3, -0.25) is 4.79 Å². The summed E-state index contributed by atoms with van der Waals surface area (Å²) in [6.45, 7) is 6.51. The Bertz CT molecular complexity index is 968. The number of anilines is 1. The van der Waals surface area contributed by atoms with Crippen LogP contribution in [0.25, 0.3) is 10.3 Å². The minimum Gasteiger partial charge on any atom is -0.481 e. The molecule has 1 fully saturated rings. The maximum absolute atomic E-state index is 12.8. The van der Waals surface area contributed by atoms with E-state index in [4.69, 9.17) is 16.3 Å². The molecular weight excluding hydrogens is 396 g/mol. The van der Waals surface area contributed by atoms with Gasteiger partial charge in [-0.25, -0.2) is 9.97 Å². The number of carbonyl (C=O) groups excluding carboxylic acids is 1. The number of rotatable bonds is 4. The summed E-state index contributed by atoms with van der Waals surface area (Å²) in [5.41, 5.74) is 1.84. The number of hydrogen-bond donors (Lipinski definition) is 0. The highest BCUT2D eigenvalue weighted by Crippen LogP contribution is 2.28. The zero-order valence-electron chi connectivity index (χ0n) is 15.8. The number of benzene rings is 1. The Kier molecular flexibility index (Phi) is 5.37. The van der Waals surface area contributed by atoms with E-state index in [-0.39, 0.29) is 5.91 Å². The number of pyridine rings is 1. The lowest BCUT2D eigenvalue weighted by atomic mass is 10.2. The summed E-state index contributed by atoms with van der Waals surface area (Å²) < 4.78 is 5.88. The highest BCUT2D eigenvalue weighted by Gasteiger charge is 2.27. The monoisotopic (exact) mass is 416 g/mol. The number of amides is 1. The molecule has 0 saturated carbocycles. The first-order chi connectivity index (χ1) is 13.5. The maximum Gasteiger partial charge on any atom is 0.263 e. The summed E-state index contributed by atoms with van der Waals surface area (Å²) in [5.74, 6) is 0.686. The van der Waals surface area contributed by atoms with E-state index in [1.165, 1.54) is 0 Å². The van der Waals surface area contributed by atoms with Gasteiger partial charge in [0.2, 0.25) is 0 Å². The lowest BCUT2D eigenvalue weighted by Crippen LogP contribution is -2.52. The molecule has 2 aromatic heterocycles. The van der Waals surface area contributed by atoms with Crippen molar-refractivity contribution < 1.29 is 9.53 Å². The number of thiazole rings is 1. The molecular formula is C20H21ClN4O2S. The summed E-state index contributed by atoms with van der Waals surface area (Å²) in [5, 5.41) is 1.62. The Balaban J connectivity index is 1.36. The van der Waals surface area contributed by atoms with Crippen LogP contribution in [0, 0.1) is 6.92 Å². The molecule has 3 aromatic rings. The van der Waals surface area contributed by atoms with Crippen LogP contribution in [0.5, 0.6) is 5.75 Å². The third-order valence-corrected chi connectivity index (χ3v) is 6.08. The van der Waals surface area contributed by atoms with Gasteiger partial charge in [-0.05, 0) is 49.7 Å². The second-order valence-electron chi connectivity index (χ2n) is 6.81. The first kappa shape index (κ1) is 19.0. The standard InChI is InChI=1S/C20H21ClN4O2S/c1-13-12-15(21)5-6-17(13)27-14(2)19(26)24-8-10-25(11-9-24)20-23-16-4-3-7-22-18(16)28-20/h3-7,12,14H,8-11H2,1-2H3. The van der Waals surface area contributed by atoms with Crippen LogP contribution in [0.3, 0.4) is 0 Å². The quantitative estimate of drug-likeness (QED) is 0.648. The van der Waals surface area contributed by atoms with Crippen molar-refractivity contribution in [2.24, 2.45) is 0 Å². The van der Waals surface area contributed by atoms with Crippen molar-refractivity contribution in [3.8, 4) is 5.75 Å². The van der Waals surface area contributed by atoms with E-state index in [0.29, 0.717) is 23.9 Å². The molecule has 0 radical (unpaired) electrons. The minimum atomic E-state index is -0.543. The lowest BCUT2D eigenvalue weighted by Gasteiger charge is -2.35. The summed E-state index contributed by atoms with van der Waals surface area (Å²) in [6.07, 6.45) is 1.24. The van der Waals surface area contributed by atoms with Gasteiger partial charge >= 0.3 is 0 Å². The molecule has 0 spiro atoms. The number of hydrogen-bond acceptors (Lipinski definition) is 6. The summed E-state index contributed by atoms with van der Waals surface area (Å²) >= 11 is 7.57. The van der Waals surface area contributed by atoms with Crippen molar-refractivity contribution in [3.05, 3.63) is 47.1 Å². The lowest BCUT2D eigenvalue weighted by molar-refractivity contribution is -0.138. The van der Waals surface area contributed by atoms with Gasteiger partial charge in [0.1, 0.15) is 16.1 Å². The average molecular weight is 417 g/mol. The Morgan fingerprint density at radius 1 is 1.25 bits per heavy atom. The Morgan fingerprint density at radius 2 is 2.04 bits per heavy atom. The van der Waals surface area contributed by atoms with Gasteiger partial charge in [0.05, 0.1) is 0 Å². The van der Waals surface area contributed by atoms with E-state index in [9.17, 15) is 4.79 Å². The molecule has 4 rings (SSSR count). The Morgan fingerprint density at radius 3 is 2.75 bits per heavy atom. The molecule has 1 aliphatic heterocycles. The van der Waals surface area contributed by atoms with Gasteiger partial charge in [-0.15, -0.1) is 0 Å². The van der Waals surface area contributed by atoms with Crippen LogP contribution in [0.15, 0.2) is 36.5 Å². The van der Waals surface area contributed by atoms with Crippen LogP contribution in [-0.2, 0) is 4.79 Å². The molecule has 0 bridgehead atoms. The molecule has 28 heavy (non-hydrogen) atoms. The molecule has 1 saturated heterocycles. The van der Waals surface area contributed by atoms with Gasteiger partial charge in [-0.1, -0.05) is 22.9 Å². The third-order valence-electron chi connectivity index (χ3n) is 4.81. The summed E-state index contributed by atoms with van der Waals surface area (Å²) in [7, 11) is 0. The number of fused-ring (bicyclic) bond motifs is 1. The van der Waals surface area contributed by atoms with Gasteiger partial charge in [-0.2, -0.15) is 0 Å². The molecule has 1 amide bonds. The topological polar surface area (TPSA) is 58.6 Å². The van der Waals surface area contributed by atoms with Crippen molar-refractivity contribution in [2.45, 2.75) is 20.0 Å². The number of piperazine rings is 1. The molecule has 0 aliphatic carbocycles. The molecule has 1 atom stereocenters. The zero-order valence-corrected chi connectivity index (χ0v) is 17.3. The predicted octanol–water partition coefficient (Wildman–Crippen LogP) is 3.77. The number of aromatic nitrogens is 2. The van der Waals surface area contributed by atoms with Crippen molar-refractivity contribution in [1.82, 2.24) is 14.9 Å². The first-order valence-electron chi connectivity index (χ1n) is 9.19. The predicted molar refractivity (Wildman–Crippen MR) is 112 cm³/mol. The van der Waals surface area contributed by atoms with Crippen LogP contribution in [0.4, 0.5) is 5.13 Å². The zero-order chi connectivity index (χ0) is 19.7. The number of halogens is 1. The fraction of sp³-hybridized carbons (Fsp3) is 0.350. The number of aryl methyl sites for hydroxylation is 1. The van der Waals surface area contributed by atoms with E-state index in [0.717, 1.165) is 34.1 Å². The fourth-order valence-electron chi connectivity index (χ4n) is 3.25. The molecule has 146 valence electrons. The van der Waals surface area contributed by atoms with Gasteiger partial charge < -0.3 is 14.5 Å². The van der Waals surface area contributed by atoms with Crippen LogP contribution in [0.2, 0.25) is 5.02 Å². The van der Waals surface area contributed by atoms with E-state index >= 15 is 0 Å². The fourth-order valence-corrected chi connectivity index (χ4v) is 4.44. The van der Waals surface area contributed by atoms with Crippen LogP contribution in [0.1, 0.15) is 12.5 Å². The van der Waals surface area contributed by atoms with Crippen molar-refractivity contribution in [3.63, 3.8) is 0 Å².